The molecule has 1 N–H and O–H groups in total. The fourth-order valence-electron chi connectivity index (χ4n) is 3.08. The van der Waals surface area contributed by atoms with Crippen molar-refractivity contribution in [1.29, 1.82) is 0 Å². The van der Waals surface area contributed by atoms with Crippen molar-refractivity contribution in [2.75, 3.05) is 11.9 Å². The van der Waals surface area contributed by atoms with Crippen molar-refractivity contribution >= 4 is 11.6 Å². The average molecular weight is 345 g/mol. The van der Waals surface area contributed by atoms with Gasteiger partial charge in [0.2, 0.25) is 0 Å². The van der Waals surface area contributed by atoms with E-state index < -0.39 is 5.60 Å². The molecule has 3 aromatic carbocycles. The predicted molar refractivity (Wildman–Crippen MR) is 105 cm³/mol. The first-order valence-electron chi connectivity index (χ1n) is 8.80. The van der Waals surface area contributed by atoms with Crippen LogP contribution in [0.1, 0.15) is 23.6 Å². The molecule has 0 spiro atoms. The van der Waals surface area contributed by atoms with Crippen LogP contribution in [-0.2, 0) is 15.1 Å². The van der Waals surface area contributed by atoms with Crippen LogP contribution in [0.5, 0.6) is 0 Å². The van der Waals surface area contributed by atoms with E-state index in [0.29, 0.717) is 6.61 Å². The highest BCUT2D eigenvalue weighted by Gasteiger charge is 2.43. The molecule has 0 fully saturated rings. The highest BCUT2D eigenvalue weighted by Crippen LogP contribution is 2.35. The second-order valence-corrected chi connectivity index (χ2v) is 6.17. The Morgan fingerprint density at radius 3 is 1.81 bits per heavy atom. The molecule has 0 heterocycles. The number of benzene rings is 3. The first-order valence-corrected chi connectivity index (χ1v) is 8.80. The minimum Gasteiger partial charge on any atom is -0.356 e. The van der Waals surface area contributed by atoms with Gasteiger partial charge in [-0.2, -0.15) is 0 Å². The number of carbonyl (C=O) groups is 1. The van der Waals surface area contributed by atoms with Crippen LogP contribution in [0.15, 0.2) is 84.9 Å². The molecule has 3 nitrogen and oxygen atoms in total. The molecule has 3 rings (SSSR count). The van der Waals surface area contributed by atoms with Gasteiger partial charge >= 0.3 is 0 Å². The molecule has 132 valence electrons. The number of hydrogen-bond donors (Lipinski definition) is 1. The first kappa shape index (κ1) is 17.9. The van der Waals surface area contributed by atoms with Crippen LogP contribution in [0, 0.1) is 6.92 Å². The van der Waals surface area contributed by atoms with Gasteiger partial charge in [0.1, 0.15) is 0 Å². The van der Waals surface area contributed by atoms with Crippen LogP contribution in [0.25, 0.3) is 0 Å². The van der Waals surface area contributed by atoms with E-state index in [0.717, 1.165) is 22.4 Å². The van der Waals surface area contributed by atoms with Crippen molar-refractivity contribution in [1.82, 2.24) is 0 Å². The zero-order valence-corrected chi connectivity index (χ0v) is 15.1. The van der Waals surface area contributed by atoms with Crippen molar-refractivity contribution in [2.24, 2.45) is 0 Å². The third kappa shape index (κ3) is 3.53. The van der Waals surface area contributed by atoms with Crippen molar-refractivity contribution < 1.29 is 9.53 Å². The number of rotatable bonds is 6. The van der Waals surface area contributed by atoms with Crippen LogP contribution in [0.2, 0.25) is 0 Å². The van der Waals surface area contributed by atoms with Gasteiger partial charge in [-0.15, -0.1) is 0 Å². The molecule has 0 unspecified atom stereocenters. The van der Waals surface area contributed by atoms with Crippen molar-refractivity contribution in [3.05, 3.63) is 102 Å². The van der Waals surface area contributed by atoms with Gasteiger partial charge in [-0.3, -0.25) is 4.79 Å². The summed E-state index contributed by atoms with van der Waals surface area (Å²) >= 11 is 0. The Kier molecular flexibility index (Phi) is 5.49. The number of carbonyl (C=O) groups excluding carboxylic acids is 1. The topological polar surface area (TPSA) is 38.3 Å². The summed E-state index contributed by atoms with van der Waals surface area (Å²) in [6, 6.07) is 27.0. The summed E-state index contributed by atoms with van der Waals surface area (Å²) < 4.78 is 6.15. The Balaban J connectivity index is 2.09. The van der Waals surface area contributed by atoms with E-state index in [-0.39, 0.29) is 5.91 Å². The second-order valence-electron chi connectivity index (χ2n) is 6.17. The van der Waals surface area contributed by atoms with Crippen molar-refractivity contribution in [3.63, 3.8) is 0 Å². The molecule has 1 amide bonds. The van der Waals surface area contributed by atoms with Gasteiger partial charge in [0.15, 0.2) is 5.60 Å². The van der Waals surface area contributed by atoms with Crippen LogP contribution in [-0.4, -0.2) is 12.5 Å². The smallest absolute Gasteiger partial charge is 0.265 e. The summed E-state index contributed by atoms with van der Waals surface area (Å²) in [5.41, 5.74) is 2.29. The number of hydrogen-bond acceptors (Lipinski definition) is 2. The third-order valence-electron chi connectivity index (χ3n) is 4.35. The molecular formula is C23H23NO2. The summed E-state index contributed by atoms with van der Waals surface area (Å²) in [4.78, 5) is 13.5. The SMILES string of the molecule is CCOC(C(=O)Nc1ccc(C)cc1)(c1ccccc1)c1ccccc1. The van der Waals surface area contributed by atoms with Gasteiger partial charge in [-0.05, 0) is 37.1 Å². The molecule has 0 radical (unpaired) electrons. The minimum atomic E-state index is -1.21. The van der Waals surface area contributed by atoms with Gasteiger partial charge in [0, 0.05) is 12.3 Å². The van der Waals surface area contributed by atoms with Crippen molar-refractivity contribution in [2.45, 2.75) is 19.4 Å². The molecule has 0 atom stereocenters. The van der Waals surface area contributed by atoms with E-state index in [9.17, 15) is 4.79 Å². The van der Waals surface area contributed by atoms with E-state index in [2.05, 4.69) is 5.32 Å². The van der Waals surface area contributed by atoms with Gasteiger partial charge in [0.05, 0.1) is 0 Å². The van der Waals surface area contributed by atoms with E-state index in [1.807, 2.05) is 98.8 Å². The maximum absolute atomic E-state index is 13.5. The number of nitrogens with one attached hydrogen (secondary N) is 1. The second kappa shape index (κ2) is 7.98. The summed E-state index contributed by atoms with van der Waals surface area (Å²) in [6.45, 7) is 4.33. The summed E-state index contributed by atoms with van der Waals surface area (Å²) in [5, 5.41) is 3.03. The lowest BCUT2D eigenvalue weighted by atomic mass is 9.85. The molecule has 3 aromatic rings. The lowest BCUT2D eigenvalue weighted by Crippen LogP contribution is -2.44. The standard InChI is InChI=1S/C23H23NO2/c1-3-26-23(19-10-6-4-7-11-19,20-12-8-5-9-13-20)22(25)24-21-16-14-18(2)15-17-21/h4-17H,3H2,1-2H3,(H,24,25). The number of aryl methyl sites for hydroxylation is 1. The third-order valence-corrected chi connectivity index (χ3v) is 4.35. The van der Waals surface area contributed by atoms with Crippen molar-refractivity contribution in [3.8, 4) is 0 Å². The quantitative estimate of drug-likeness (QED) is 0.689. The molecule has 0 bridgehead atoms. The summed E-state index contributed by atoms with van der Waals surface area (Å²) in [7, 11) is 0. The number of anilines is 1. The van der Waals surface area contributed by atoms with Crippen LogP contribution in [0.3, 0.4) is 0 Å². The number of amides is 1. The highest BCUT2D eigenvalue weighted by molar-refractivity contribution is 6.00. The zero-order valence-electron chi connectivity index (χ0n) is 15.1. The van der Waals surface area contributed by atoms with E-state index in [4.69, 9.17) is 4.74 Å². The van der Waals surface area contributed by atoms with Crippen LogP contribution in [0.4, 0.5) is 5.69 Å². The molecule has 0 saturated heterocycles. The molecule has 26 heavy (non-hydrogen) atoms. The van der Waals surface area contributed by atoms with E-state index >= 15 is 0 Å². The Hall–Kier alpha value is -2.91. The van der Waals surface area contributed by atoms with E-state index in [1.54, 1.807) is 0 Å². The molecular weight excluding hydrogens is 322 g/mol. The first-order chi connectivity index (χ1) is 12.7. The monoisotopic (exact) mass is 345 g/mol. The molecule has 0 saturated carbocycles. The van der Waals surface area contributed by atoms with E-state index in [1.165, 1.54) is 0 Å². The van der Waals surface area contributed by atoms with Gasteiger partial charge in [-0.1, -0.05) is 78.4 Å². The molecule has 0 aliphatic rings. The van der Waals surface area contributed by atoms with Gasteiger partial charge in [0.25, 0.3) is 5.91 Å². The fourth-order valence-corrected chi connectivity index (χ4v) is 3.08. The lowest BCUT2D eigenvalue weighted by Gasteiger charge is -2.33. The largest absolute Gasteiger partial charge is 0.356 e. The highest BCUT2D eigenvalue weighted by atomic mass is 16.5. The Morgan fingerprint density at radius 1 is 0.846 bits per heavy atom. The average Bonchev–Trinajstić information content (AvgIpc) is 2.69. The van der Waals surface area contributed by atoms with Gasteiger partial charge < -0.3 is 10.1 Å². The van der Waals surface area contributed by atoms with Crippen LogP contribution >= 0.6 is 0 Å². The minimum absolute atomic E-state index is 0.208. The maximum Gasteiger partial charge on any atom is 0.265 e. The summed E-state index contributed by atoms with van der Waals surface area (Å²) in [6.07, 6.45) is 0. The molecule has 0 aliphatic heterocycles. The molecule has 0 aromatic heterocycles. The Labute approximate surface area is 154 Å². The maximum atomic E-state index is 13.5. The fraction of sp³-hybridized carbons (Fsp3) is 0.174. The molecule has 0 aliphatic carbocycles. The Bertz CT molecular complexity index is 803. The summed E-state index contributed by atoms with van der Waals surface area (Å²) in [5.74, 6) is -0.208. The Morgan fingerprint density at radius 2 is 1.35 bits per heavy atom. The van der Waals surface area contributed by atoms with Gasteiger partial charge in [-0.25, -0.2) is 0 Å². The number of ether oxygens (including phenoxy) is 1. The normalized spacial score (nSPS) is 11.2. The molecule has 3 heteroatoms. The van der Waals surface area contributed by atoms with Crippen LogP contribution < -0.4 is 5.32 Å². The predicted octanol–water partition coefficient (Wildman–Crippen LogP) is 4.91. The zero-order chi connectivity index (χ0) is 18.4. The lowest BCUT2D eigenvalue weighted by molar-refractivity contribution is -0.136.